The average Bonchev–Trinajstić information content (AvgIpc) is 3.22. The number of halogens is 1. The quantitative estimate of drug-likeness (QED) is 0.604. The highest BCUT2D eigenvalue weighted by atomic mass is 79.9. The number of para-hydroxylation sites is 1. The van der Waals surface area contributed by atoms with Gasteiger partial charge in [-0.05, 0) is 59.5 Å². The monoisotopic (exact) mass is 414 g/mol. The molecule has 3 atom stereocenters. The van der Waals surface area contributed by atoms with E-state index in [9.17, 15) is 4.79 Å². The van der Waals surface area contributed by atoms with E-state index >= 15 is 0 Å². The first-order chi connectivity index (χ1) is 12.1. The minimum absolute atomic E-state index is 0.0554. The first kappa shape index (κ1) is 16.7. The number of nitrogens with one attached hydrogen (secondary N) is 1. The molecular formula is C20H19BrN2OS. The van der Waals surface area contributed by atoms with Gasteiger partial charge in [-0.25, -0.2) is 0 Å². The van der Waals surface area contributed by atoms with Crippen molar-refractivity contribution in [1.82, 2.24) is 10.3 Å². The van der Waals surface area contributed by atoms with Gasteiger partial charge in [-0.3, -0.25) is 9.78 Å². The zero-order chi connectivity index (χ0) is 17.4. The van der Waals surface area contributed by atoms with E-state index in [2.05, 4.69) is 45.5 Å². The molecule has 0 aliphatic heterocycles. The number of nitrogens with zero attached hydrogens (tertiary/aromatic N) is 1. The van der Waals surface area contributed by atoms with Crippen LogP contribution in [0.25, 0.3) is 10.9 Å². The highest BCUT2D eigenvalue weighted by Gasteiger charge is 2.40. The Hall–Kier alpha value is -1.72. The van der Waals surface area contributed by atoms with Crippen molar-refractivity contribution in [2.24, 2.45) is 5.92 Å². The van der Waals surface area contributed by atoms with Crippen molar-refractivity contribution < 1.29 is 4.79 Å². The van der Waals surface area contributed by atoms with E-state index in [-0.39, 0.29) is 11.9 Å². The molecule has 0 unspecified atom stereocenters. The summed E-state index contributed by atoms with van der Waals surface area (Å²) in [5, 5.41) is 4.28. The van der Waals surface area contributed by atoms with Crippen molar-refractivity contribution in [3.05, 3.63) is 62.9 Å². The van der Waals surface area contributed by atoms with Crippen molar-refractivity contribution in [1.29, 1.82) is 0 Å². The first-order valence-corrected chi connectivity index (χ1v) is 10.1. The van der Waals surface area contributed by atoms with E-state index in [4.69, 9.17) is 4.98 Å². The normalized spacial score (nSPS) is 20.4. The number of thiophene rings is 1. The fourth-order valence-electron chi connectivity index (χ4n) is 3.29. The Kier molecular flexibility index (Phi) is 4.61. The molecule has 3 aromatic rings. The maximum absolute atomic E-state index is 12.3. The van der Waals surface area contributed by atoms with Gasteiger partial charge in [0, 0.05) is 28.3 Å². The van der Waals surface area contributed by atoms with Gasteiger partial charge in [0.25, 0.3) is 0 Å². The number of carbonyl (C=O) groups is 1. The smallest absolute Gasteiger partial charge is 0.220 e. The zero-order valence-corrected chi connectivity index (χ0v) is 16.3. The Balaban J connectivity index is 1.35. The van der Waals surface area contributed by atoms with Crippen LogP contribution in [-0.2, 0) is 4.79 Å². The lowest BCUT2D eigenvalue weighted by atomic mass is 10.1. The van der Waals surface area contributed by atoms with Gasteiger partial charge < -0.3 is 5.32 Å². The summed E-state index contributed by atoms with van der Waals surface area (Å²) in [6.45, 7) is 2.03. The zero-order valence-electron chi connectivity index (χ0n) is 13.9. The number of fused-ring (bicyclic) bond motifs is 1. The molecule has 0 saturated heterocycles. The molecule has 2 heterocycles. The largest absolute Gasteiger partial charge is 0.349 e. The van der Waals surface area contributed by atoms with Crippen LogP contribution in [0, 0.1) is 5.92 Å². The molecule has 1 fully saturated rings. The van der Waals surface area contributed by atoms with Crippen LogP contribution < -0.4 is 5.32 Å². The van der Waals surface area contributed by atoms with Crippen molar-refractivity contribution in [2.45, 2.75) is 31.7 Å². The van der Waals surface area contributed by atoms with Crippen LogP contribution in [0.2, 0.25) is 0 Å². The average molecular weight is 415 g/mol. The minimum atomic E-state index is 0.0554. The number of amides is 1. The number of carbonyl (C=O) groups excluding carboxylic acids is 1. The van der Waals surface area contributed by atoms with Crippen molar-refractivity contribution >= 4 is 44.1 Å². The summed E-state index contributed by atoms with van der Waals surface area (Å²) in [5.41, 5.74) is 2.15. The third kappa shape index (κ3) is 3.77. The Morgan fingerprint density at radius 3 is 2.92 bits per heavy atom. The lowest BCUT2D eigenvalue weighted by molar-refractivity contribution is -0.122. The van der Waals surface area contributed by atoms with Crippen LogP contribution in [0.5, 0.6) is 0 Å². The molecule has 1 aliphatic rings. The van der Waals surface area contributed by atoms with Crippen LogP contribution in [-0.4, -0.2) is 10.9 Å². The number of hydrogen-bond donors (Lipinski definition) is 1. The van der Waals surface area contributed by atoms with Crippen LogP contribution in [0.1, 0.15) is 42.3 Å². The molecule has 2 aromatic heterocycles. The second-order valence-electron chi connectivity index (χ2n) is 6.67. The van der Waals surface area contributed by atoms with E-state index in [1.165, 1.54) is 4.88 Å². The highest BCUT2D eigenvalue weighted by Crippen LogP contribution is 2.49. The van der Waals surface area contributed by atoms with Crippen LogP contribution in [0.4, 0.5) is 0 Å². The predicted octanol–water partition coefficient (Wildman–Crippen LogP) is 5.43. The maximum Gasteiger partial charge on any atom is 0.220 e. The topological polar surface area (TPSA) is 42.0 Å². The molecule has 25 heavy (non-hydrogen) atoms. The number of benzene rings is 1. The molecule has 5 heteroatoms. The van der Waals surface area contributed by atoms with Crippen molar-refractivity contribution in [3.63, 3.8) is 0 Å². The first-order valence-electron chi connectivity index (χ1n) is 8.50. The van der Waals surface area contributed by atoms with Crippen LogP contribution >= 0.6 is 27.3 Å². The van der Waals surface area contributed by atoms with Crippen LogP contribution in [0.15, 0.2) is 52.3 Å². The number of hydrogen-bond acceptors (Lipinski definition) is 3. The summed E-state index contributed by atoms with van der Waals surface area (Å²) in [6, 6.07) is 16.5. The van der Waals surface area contributed by atoms with Gasteiger partial charge in [-0.1, -0.05) is 24.3 Å². The second kappa shape index (κ2) is 6.89. The summed E-state index contributed by atoms with van der Waals surface area (Å²) in [6.07, 6.45) is 1.63. The standard InChI is InChI=1S/C20H19BrN2OS/c1-12(18-8-9-19(21)25-18)22-20(24)11-14-10-15(14)17-7-6-13-4-2-3-5-16(13)23-17/h2-9,12,14-15H,10-11H2,1H3,(H,22,24)/t12-,14-,15-/m1/s1. The number of rotatable bonds is 5. The highest BCUT2D eigenvalue weighted by molar-refractivity contribution is 9.11. The third-order valence-electron chi connectivity index (χ3n) is 4.77. The molecule has 1 saturated carbocycles. The van der Waals surface area contributed by atoms with E-state index < -0.39 is 0 Å². The van der Waals surface area contributed by atoms with Crippen LogP contribution in [0.3, 0.4) is 0 Å². The summed E-state index contributed by atoms with van der Waals surface area (Å²) < 4.78 is 1.09. The minimum Gasteiger partial charge on any atom is -0.349 e. The van der Waals surface area contributed by atoms with Gasteiger partial charge in [0.1, 0.15) is 0 Å². The summed E-state index contributed by atoms with van der Waals surface area (Å²) in [7, 11) is 0. The summed E-state index contributed by atoms with van der Waals surface area (Å²) >= 11 is 5.13. The Bertz CT molecular complexity index is 923. The predicted molar refractivity (Wildman–Crippen MR) is 106 cm³/mol. The molecule has 128 valence electrons. The molecule has 1 aliphatic carbocycles. The summed E-state index contributed by atoms with van der Waals surface area (Å²) in [4.78, 5) is 18.3. The van der Waals surface area contributed by atoms with E-state index in [1.54, 1.807) is 11.3 Å². The molecule has 0 radical (unpaired) electrons. The number of aromatic nitrogens is 1. The van der Waals surface area contributed by atoms with E-state index in [1.807, 2.05) is 31.2 Å². The molecule has 3 nitrogen and oxygen atoms in total. The fourth-order valence-corrected chi connectivity index (χ4v) is 4.72. The van der Waals surface area contributed by atoms with Gasteiger partial charge in [-0.2, -0.15) is 0 Å². The SMILES string of the molecule is C[C@@H](NC(=O)C[C@H]1C[C@H]1c1ccc2ccccc2n1)c1ccc(Br)s1. The molecule has 1 N–H and O–H groups in total. The van der Waals surface area contributed by atoms with Crippen molar-refractivity contribution in [2.75, 3.05) is 0 Å². The molecule has 4 rings (SSSR count). The lowest BCUT2D eigenvalue weighted by Crippen LogP contribution is -2.26. The van der Waals surface area contributed by atoms with Gasteiger partial charge in [0.05, 0.1) is 15.3 Å². The molecular weight excluding hydrogens is 396 g/mol. The van der Waals surface area contributed by atoms with Gasteiger partial charge >= 0.3 is 0 Å². The molecule has 0 bridgehead atoms. The van der Waals surface area contributed by atoms with E-state index in [0.29, 0.717) is 18.3 Å². The molecule has 0 spiro atoms. The Labute approximate surface area is 159 Å². The van der Waals surface area contributed by atoms with Crippen molar-refractivity contribution in [3.8, 4) is 0 Å². The Morgan fingerprint density at radius 2 is 2.12 bits per heavy atom. The third-order valence-corrected chi connectivity index (χ3v) is 6.57. The van der Waals surface area contributed by atoms with Gasteiger partial charge in [0.2, 0.25) is 5.91 Å². The lowest BCUT2D eigenvalue weighted by Gasteiger charge is -2.12. The summed E-state index contributed by atoms with van der Waals surface area (Å²) in [5.74, 6) is 0.961. The molecule has 1 aromatic carbocycles. The maximum atomic E-state index is 12.3. The number of pyridine rings is 1. The Morgan fingerprint density at radius 1 is 1.28 bits per heavy atom. The fraction of sp³-hybridized carbons (Fsp3) is 0.300. The molecule has 1 amide bonds. The second-order valence-corrected chi connectivity index (χ2v) is 9.16. The van der Waals surface area contributed by atoms with Gasteiger partial charge in [0.15, 0.2) is 0 Å². The van der Waals surface area contributed by atoms with E-state index in [0.717, 1.165) is 26.8 Å². The van der Waals surface area contributed by atoms with Gasteiger partial charge in [-0.15, -0.1) is 11.3 Å².